The molecule has 4 nitrogen and oxygen atoms in total. The Morgan fingerprint density at radius 1 is 1.24 bits per heavy atom. The van der Waals surface area contributed by atoms with E-state index in [1.54, 1.807) is 22.6 Å². The van der Waals surface area contributed by atoms with Gasteiger partial charge in [-0.25, -0.2) is 9.38 Å². The van der Waals surface area contributed by atoms with Gasteiger partial charge in [0.2, 0.25) is 0 Å². The number of aryl methyl sites for hydroxylation is 2. The fourth-order valence-electron chi connectivity index (χ4n) is 2.76. The molecule has 0 aliphatic heterocycles. The molecular formula is C18H12BrClN2O2S. The van der Waals surface area contributed by atoms with E-state index in [9.17, 15) is 9.90 Å². The lowest BCUT2D eigenvalue weighted by molar-refractivity contribution is 0.470. The zero-order chi connectivity index (χ0) is 17.9. The van der Waals surface area contributed by atoms with E-state index in [0.717, 1.165) is 22.2 Å². The number of hydrogen-bond donors (Lipinski definition) is 1. The van der Waals surface area contributed by atoms with Crippen LogP contribution in [0.3, 0.4) is 0 Å². The van der Waals surface area contributed by atoms with Crippen LogP contribution in [0, 0.1) is 13.8 Å². The molecule has 0 atom stereocenters. The second-order valence-electron chi connectivity index (χ2n) is 5.90. The number of thiazole rings is 1. The Morgan fingerprint density at radius 3 is 2.72 bits per heavy atom. The fraction of sp³-hybridized carbons (Fsp3) is 0.111. The molecule has 25 heavy (non-hydrogen) atoms. The first-order valence-corrected chi connectivity index (χ1v) is 9.46. The largest absolute Gasteiger partial charge is 0.506 e. The van der Waals surface area contributed by atoms with Crippen LogP contribution < -0.4 is 10.1 Å². The summed E-state index contributed by atoms with van der Waals surface area (Å²) in [4.78, 5) is 18.1. The van der Waals surface area contributed by atoms with Crippen molar-refractivity contribution in [3.05, 3.63) is 65.3 Å². The Morgan fingerprint density at radius 2 is 1.96 bits per heavy atom. The standard InChI is InChI=1S/C18H12BrClN2O2S/c1-8-3-13-14(4-9(8)2)22-17(24)15(25-18(22)21-13)6-10-5-11(20)7-12(19)16(10)23/h3-7,23H,1-2H3/b15-6-. The van der Waals surface area contributed by atoms with Gasteiger partial charge in [-0.3, -0.25) is 4.79 Å². The van der Waals surface area contributed by atoms with Crippen LogP contribution in [0.5, 0.6) is 5.75 Å². The van der Waals surface area contributed by atoms with E-state index >= 15 is 0 Å². The normalized spacial score (nSPS) is 12.6. The monoisotopic (exact) mass is 434 g/mol. The average Bonchev–Trinajstić information content (AvgIpc) is 3.02. The molecule has 0 aliphatic carbocycles. The number of fused-ring (bicyclic) bond motifs is 3. The molecule has 4 rings (SSSR count). The molecule has 2 aromatic carbocycles. The number of hydrogen-bond acceptors (Lipinski definition) is 4. The predicted octanol–water partition coefficient (Wildman–Crippen LogP) is 4.20. The molecule has 2 aromatic heterocycles. The van der Waals surface area contributed by atoms with Crippen LogP contribution in [0.4, 0.5) is 0 Å². The Balaban J connectivity index is 2.03. The first kappa shape index (κ1) is 16.6. The van der Waals surface area contributed by atoms with Crippen LogP contribution in [-0.2, 0) is 0 Å². The molecule has 0 saturated carbocycles. The average molecular weight is 436 g/mol. The highest BCUT2D eigenvalue weighted by Gasteiger charge is 2.13. The van der Waals surface area contributed by atoms with Gasteiger partial charge >= 0.3 is 0 Å². The fourth-order valence-corrected chi connectivity index (χ4v) is 4.57. The molecule has 2 heterocycles. The summed E-state index contributed by atoms with van der Waals surface area (Å²) in [7, 11) is 0. The van der Waals surface area contributed by atoms with Gasteiger partial charge in [-0.15, -0.1) is 0 Å². The zero-order valence-corrected chi connectivity index (χ0v) is 16.5. The smallest absolute Gasteiger partial charge is 0.274 e. The Hall–Kier alpha value is -1.89. The number of imidazole rings is 1. The molecule has 0 fully saturated rings. The second kappa shape index (κ2) is 5.83. The van der Waals surface area contributed by atoms with Gasteiger partial charge in [0.25, 0.3) is 5.56 Å². The molecule has 0 spiro atoms. The number of nitrogens with zero attached hydrogens (tertiary/aromatic N) is 2. The molecule has 0 radical (unpaired) electrons. The van der Waals surface area contributed by atoms with Gasteiger partial charge in [0.05, 0.1) is 20.0 Å². The number of phenols is 1. The summed E-state index contributed by atoms with van der Waals surface area (Å²) in [5.41, 5.74) is 4.20. The number of aromatic hydroxyl groups is 1. The van der Waals surface area contributed by atoms with Crippen LogP contribution in [-0.4, -0.2) is 14.5 Å². The quantitative estimate of drug-likeness (QED) is 0.488. The van der Waals surface area contributed by atoms with Crippen molar-refractivity contribution in [1.29, 1.82) is 0 Å². The van der Waals surface area contributed by atoms with Crippen LogP contribution in [0.1, 0.15) is 16.7 Å². The summed E-state index contributed by atoms with van der Waals surface area (Å²) < 4.78 is 2.60. The van der Waals surface area contributed by atoms with E-state index < -0.39 is 0 Å². The highest BCUT2D eigenvalue weighted by atomic mass is 79.9. The van der Waals surface area contributed by atoms with Crippen molar-refractivity contribution in [3.63, 3.8) is 0 Å². The number of benzene rings is 2. The minimum atomic E-state index is -0.152. The van der Waals surface area contributed by atoms with Gasteiger partial charge < -0.3 is 5.11 Å². The summed E-state index contributed by atoms with van der Waals surface area (Å²) in [5.74, 6) is 0.0474. The number of halogens is 2. The summed E-state index contributed by atoms with van der Waals surface area (Å²) in [5, 5.41) is 10.7. The van der Waals surface area contributed by atoms with Crippen molar-refractivity contribution in [2.75, 3.05) is 0 Å². The number of phenolic OH excluding ortho intramolecular Hbond substituents is 1. The minimum absolute atomic E-state index is 0.0474. The Labute approximate surface area is 160 Å². The van der Waals surface area contributed by atoms with Crippen molar-refractivity contribution in [3.8, 4) is 5.75 Å². The summed E-state index contributed by atoms with van der Waals surface area (Å²) in [6.07, 6.45) is 1.64. The van der Waals surface area contributed by atoms with Gasteiger partial charge in [0, 0.05) is 10.6 Å². The highest BCUT2D eigenvalue weighted by Crippen LogP contribution is 2.32. The van der Waals surface area contributed by atoms with E-state index in [-0.39, 0.29) is 11.3 Å². The lowest BCUT2D eigenvalue weighted by Crippen LogP contribution is -2.22. The van der Waals surface area contributed by atoms with E-state index in [0.29, 0.717) is 24.6 Å². The van der Waals surface area contributed by atoms with Crippen LogP contribution in [0.2, 0.25) is 5.02 Å². The third kappa shape index (κ3) is 2.65. The van der Waals surface area contributed by atoms with E-state index in [4.69, 9.17) is 11.6 Å². The summed E-state index contributed by atoms with van der Waals surface area (Å²) in [6, 6.07) is 7.20. The summed E-state index contributed by atoms with van der Waals surface area (Å²) >= 11 is 10.6. The summed E-state index contributed by atoms with van der Waals surface area (Å²) in [6.45, 7) is 4.04. The lowest BCUT2D eigenvalue weighted by Gasteiger charge is -2.02. The van der Waals surface area contributed by atoms with Crippen molar-refractivity contribution in [2.24, 2.45) is 0 Å². The second-order valence-corrected chi connectivity index (χ2v) is 8.20. The van der Waals surface area contributed by atoms with E-state index in [1.807, 2.05) is 26.0 Å². The number of aromatic nitrogens is 2. The van der Waals surface area contributed by atoms with Gasteiger partial charge in [-0.1, -0.05) is 22.9 Å². The lowest BCUT2D eigenvalue weighted by atomic mass is 10.1. The molecule has 0 bridgehead atoms. The first-order chi connectivity index (χ1) is 11.8. The Bertz CT molecular complexity index is 1280. The number of rotatable bonds is 1. The third-order valence-electron chi connectivity index (χ3n) is 4.20. The molecule has 0 unspecified atom stereocenters. The van der Waals surface area contributed by atoms with Gasteiger partial charge in [-0.05, 0) is 71.2 Å². The van der Waals surface area contributed by atoms with Crippen molar-refractivity contribution in [2.45, 2.75) is 13.8 Å². The topological polar surface area (TPSA) is 54.6 Å². The molecule has 0 amide bonds. The van der Waals surface area contributed by atoms with Crippen molar-refractivity contribution < 1.29 is 5.11 Å². The van der Waals surface area contributed by atoms with E-state index in [2.05, 4.69) is 20.9 Å². The van der Waals surface area contributed by atoms with Crippen molar-refractivity contribution >= 4 is 60.9 Å². The third-order valence-corrected chi connectivity index (χ3v) is 5.99. The van der Waals surface area contributed by atoms with Gasteiger partial charge in [0.1, 0.15) is 5.75 Å². The molecule has 126 valence electrons. The van der Waals surface area contributed by atoms with Gasteiger partial charge in [0.15, 0.2) is 4.96 Å². The van der Waals surface area contributed by atoms with Crippen LogP contribution >= 0.6 is 38.9 Å². The van der Waals surface area contributed by atoms with Crippen molar-refractivity contribution in [1.82, 2.24) is 9.38 Å². The maximum atomic E-state index is 12.9. The molecule has 0 saturated heterocycles. The first-order valence-electron chi connectivity index (χ1n) is 7.47. The molecular weight excluding hydrogens is 424 g/mol. The predicted molar refractivity (Wildman–Crippen MR) is 106 cm³/mol. The molecule has 0 aliphatic rings. The van der Waals surface area contributed by atoms with Crippen LogP contribution in [0.15, 0.2) is 33.5 Å². The minimum Gasteiger partial charge on any atom is -0.506 e. The maximum absolute atomic E-state index is 12.9. The molecule has 1 N–H and O–H groups in total. The SMILES string of the molecule is Cc1cc2nc3s/c(=C\c4cc(Cl)cc(Br)c4O)c(=O)n3c2cc1C. The van der Waals surface area contributed by atoms with Crippen LogP contribution in [0.25, 0.3) is 22.1 Å². The zero-order valence-electron chi connectivity index (χ0n) is 13.3. The Kier molecular flexibility index (Phi) is 3.86. The van der Waals surface area contributed by atoms with Gasteiger partial charge in [-0.2, -0.15) is 0 Å². The highest BCUT2D eigenvalue weighted by molar-refractivity contribution is 9.10. The molecule has 4 aromatic rings. The van der Waals surface area contributed by atoms with E-state index in [1.165, 1.54) is 11.3 Å². The molecule has 7 heteroatoms. The maximum Gasteiger partial charge on any atom is 0.274 e.